The Balaban J connectivity index is 4.00. The minimum atomic E-state index is -0.133. The van der Waals surface area contributed by atoms with Crippen LogP contribution in [0.25, 0.3) is 0 Å². The van der Waals surface area contributed by atoms with E-state index in [4.69, 9.17) is 15.7 Å². The summed E-state index contributed by atoms with van der Waals surface area (Å²) in [5.41, 5.74) is 5.45. The van der Waals surface area contributed by atoms with Crippen LogP contribution in [0.15, 0.2) is 5.16 Å². The van der Waals surface area contributed by atoms with E-state index in [-0.39, 0.29) is 17.9 Å². The third kappa shape index (κ3) is 5.04. The van der Waals surface area contributed by atoms with Gasteiger partial charge in [-0.1, -0.05) is 18.5 Å². The number of hydrogen-bond acceptors (Lipinski definition) is 4. The maximum atomic E-state index is 8.47. The number of hydrogen-bond donors (Lipinski definition) is 3. The van der Waals surface area contributed by atoms with Crippen molar-refractivity contribution < 1.29 is 9.94 Å². The molecule has 0 aromatic carbocycles. The Morgan fingerprint density at radius 1 is 1.64 bits per heavy atom. The molecule has 0 amide bonds. The van der Waals surface area contributed by atoms with Crippen LogP contribution in [0.3, 0.4) is 0 Å². The van der Waals surface area contributed by atoms with Gasteiger partial charge in [0.15, 0.2) is 5.84 Å². The van der Waals surface area contributed by atoms with E-state index in [1.165, 1.54) is 0 Å². The highest BCUT2D eigenvalue weighted by Gasteiger charge is 2.13. The first-order chi connectivity index (χ1) is 6.65. The lowest BCUT2D eigenvalue weighted by atomic mass is 10.1. The van der Waals surface area contributed by atoms with Gasteiger partial charge >= 0.3 is 0 Å². The minimum absolute atomic E-state index is 0.133. The van der Waals surface area contributed by atoms with Gasteiger partial charge in [-0.2, -0.15) is 0 Å². The molecule has 0 aliphatic heterocycles. The van der Waals surface area contributed by atoms with Crippen LogP contribution in [-0.4, -0.2) is 36.8 Å². The predicted molar refractivity (Wildman–Crippen MR) is 56.6 cm³/mol. The number of ether oxygens (including phenoxy) is 1. The lowest BCUT2D eigenvalue weighted by Crippen LogP contribution is -2.46. The van der Waals surface area contributed by atoms with Crippen LogP contribution in [0.4, 0.5) is 0 Å². The van der Waals surface area contributed by atoms with Gasteiger partial charge in [0, 0.05) is 13.2 Å². The first-order valence-corrected chi connectivity index (χ1v) is 4.88. The highest BCUT2D eigenvalue weighted by Crippen LogP contribution is 1.99. The molecule has 0 spiro atoms. The maximum Gasteiger partial charge on any atom is 0.156 e. The molecule has 0 heterocycles. The quantitative estimate of drug-likeness (QED) is 0.244. The smallest absolute Gasteiger partial charge is 0.156 e. The Labute approximate surface area is 85.3 Å². The van der Waals surface area contributed by atoms with E-state index in [2.05, 4.69) is 17.4 Å². The van der Waals surface area contributed by atoms with Gasteiger partial charge in [0.1, 0.15) is 0 Å². The van der Waals surface area contributed by atoms with E-state index in [0.29, 0.717) is 6.61 Å². The first kappa shape index (κ1) is 13.2. The fourth-order valence-corrected chi connectivity index (χ4v) is 1.29. The van der Waals surface area contributed by atoms with Crippen LogP contribution in [0.5, 0.6) is 0 Å². The van der Waals surface area contributed by atoms with Crippen molar-refractivity contribution in [1.29, 1.82) is 0 Å². The molecule has 5 heteroatoms. The van der Waals surface area contributed by atoms with E-state index in [0.717, 1.165) is 12.8 Å². The van der Waals surface area contributed by atoms with E-state index in [9.17, 15) is 0 Å². The summed E-state index contributed by atoms with van der Waals surface area (Å²) in [6, 6.07) is 0.118. The first-order valence-electron chi connectivity index (χ1n) is 4.88. The van der Waals surface area contributed by atoms with Gasteiger partial charge in [-0.05, 0) is 13.3 Å². The molecule has 0 aliphatic rings. The second-order valence-corrected chi connectivity index (χ2v) is 3.35. The third-order valence-corrected chi connectivity index (χ3v) is 2.05. The number of amidine groups is 1. The second-order valence-electron chi connectivity index (χ2n) is 3.35. The maximum absolute atomic E-state index is 8.47. The molecule has 0 saturated carbocycles. The highest BCUT2D eigenvalue weighted by atomic mass is 16.5. The van der Waals surface area contributed by atoms with Crippen molar-refractivity contribution in [3.8, 4) is 0 Å². The standard InChI is InChI=1S/C9H21N3O2/c1-4-5-8(6-14-3)11-7(2)9(10)12-13/h7-8,11,13H,4-6H2,1-3H3,(H2,10,12). The fourth-order valence-electron chi connectivity index (χ4n) is 1.29. The lowest BCUT2D eigenvalue weighted by molar-refractivity contribution is 0.160. The summed E-state index contributed by atoms with van der Waals surface area (Å²) >= 11 is 0. The Hall–Kier alpha value is -0.810. The molecule has 0 aromatic rings. The zero-order valence-electron chi connectivity index (χ0n) is 9.16. The average molecular weight is 203 g/mol. The van der Waals surface area contributed by atoms with Crippen molar-refractivity contribution in [2.45, 2.75) is 38.8 Å². The minimum Gasteiger partial charge on any atom is -0.409 e. The predicted octanol–water partition coefficient (Wildman–Crippen LogP) is 0.526. The zero-order valence-corrected chi connectivity index (χ0v) is 9.16. The molecule has 84 valence electrons. The summed E-state index contributed by atoms with van der Waals surface area (Å²) in [7, 11) is 1.67. The van der Waals surface area contributed by atoms with E-state index >= 15 is 0 Å². The Bertz CT molecular complexity index is 167. The molecule has 0 bridgehead atoms. The van der Waals surface area contributed by atoms with Gasteiger partial charge in [-0.25, -0.2) is 0 Å². The zero-order chi connectivity index (χ0) is 11.0. The van der Waals surface area contributed by atoms with Crippen LogP contribution < -0.4 is 11.1 Å². The molecule has 4 N–H and O–H groups in total. The van der Waals surface area contributed by atoms with Gasteiger partial charge < -0.3 is 21.0 Å². The molecule has 0 aliphatic carbocycles. The van der Waals surface area contributed by atoms with E-state index in [1.807, 2.05) is 6.92 Å². The topological polar surface area (TPSA) is 79.9 Å². The van der Waals surface area contributed by atoms with Gasteiger partial charge in [0.25, 0.3) is 0 Å². The van der Waals surface area contributed by atoms with Crippen molar-refractivity contribution in [3.05, 3.63) is 0 Å². The second kappa shape index (κ2) is 7.58. The van der Waals surface area contributed by atoms with E-state index < -0.39 is 0 Å². The number of nitrogens with one attached hydrogen (secondary N) is 1. The lowest BCUT2D eigenvalue weighted by Gasteiger charge is -2.21. The number of oxime groups is 1. The summed E-state index contributed by atoms with van der Waals surface area (Å²) in [5, 5.41) is 14.7. The number of nitrogens with two attached hydrogens (primary N) is 1. The Kier molecular flexibility index (Phi) is 7.14. The number of methoxy groups -OCH3 is 1. The van der Waals surface area contributed by atoms with Crippen LogP contribution in [0.1, 0.15) is 26.7 Å². The van der Waals surface area contributed by atoms with Crippen LogP contribution in [-0.2, 0) is 4.74 Å². The molecular weight excluding hydrogens is 182 g/mol. The Morgan fingerprint density at radius 3 is 2.71 bits per heavy atom. The van der Waals surface area contributed by atoms with Crippen LogP contribution in [0.2, 0.25) is 0 Å². The molecular formula is C9H21N3O2. The van der Waals surface area contributed by atoms with Gasteiger partial charge in [0.2, 0.25) is 0 Å². The summed E-state index contributed by atoms with van der Waals surface area (Å²) in [6.07, 6.45) is 2.08. The van der Waals surface area contributed by atoms with Crippen molar-refractivity contribution >= 4 is 5.84 Å². The third-order valence-electron chi connectivity index (χ3n) is 2.05. The number of rotatable bonds is 7. The molecule has 0 rings (SSSR count). The molecule has 0 aromatic heterocycles. The monoisotopic (exact) mass is 203 g/mol. The molecule has 0 fully saturated rings. The summed E-state index contributed by atoms with van der Waals surface area (Å²) in [5.74, 6) is 0.196. The van der Waals surface area contributed by atoms with Crippen molar-refractivity contribution in [1.82, 2.24) is 5.32 Å². The molecule has 0 radical (unpaired) electrons. The Morgan fingerprint density at radius 2 is 2.29 bits per heavy atom. The van der Waals surface area contributed by atoms with Crippen molar-refractivity contribution in [2.75, 3.05) is 13.7 Å². The van der Waals surface area contributed by atoms with Crippen LogP contribution >= 0.6 is 0 Å². The largest absolute Gasteiger partial charge is 0.409 e. The molecule has 2 unspecified atom stereocenters. The van der Waals surface area contributed by atoms with Gasteiger partial charge in [0.05, 0.1) is 12.6 Å². The van der Waals surface area contributed by atoms with Crippen molar-refractivity contribution in [2.24, 2.45) is 10.9 Å². The summed E-state index contributed by atoms with van der Waals surface area (Å²) in [4.78, 5) is 0. The molecule has 14 heavy (non-hydrogen) atoms. The molecule has 5 nitrogen and oxygen atoms in total. The number of nitrogens with zero attached hydrogens (tertiary/aromatic N) is 1. The normalized spacial score (nSPS) is 16.6. The average Bonchev–Trinajstić information content (AvgIpc) is 2.17. The van der Waals surface area contributed by atoms with Gasteiger partial charge in [-0.3, -0.25) is 0 Å². The van der Waals surface area contributed by atoms with Crippen LogP contribution in [0, 0.1) is 0 Å². The molecule has 2 atom stereocenters. The van der Waals surface area contributed by atoms with E-state index in [1.54, 1.807) is 7.11 Å². The fraction of sp³-hybridized carbons (Fsp3) is 0.889. The highest BCUT2D eigenvalue weighted by molar-refractivity contribution is 5.84. The SMILES string of the molecule is CCCC(COC)NC(C)C(N)=NO. The summed E-state index contributed by atoms with van der Waals surface area (Å²) in [6.45, 7) is 4.60. The molecule has 0 saturated heterocycles. The summed E-state index contributed by atoms with van der Waals surface area (Å²) < 4.78 is 5.07. The van der Waals surface area contributed by atoms with Crippen molar-refractivity contribution in [3.63, 3.8) is 0 Å². The van der Waals surface area contributed by atoms with Gasteiger partial charge in [-0.15, -0.1) is 0 Å².